The van der Waals surface area contributed by atoms with Gasteiger partial charge in [0.25, 0.3) is 0 Å². The van der Waals surface area contributed by atoms with Crippen molar-refractivity contribution < 1.29 is 14.8 Å². The molecule has 0 saturated heterocycles. The summed E-state index contributed by atoms with van der Waals surface area (Å²) < 4.78 is 0. The summed E-state index contributed by atoms with van der Waals surface area (Å²) in [6.45, 7) is 2.93. The Hall–Kier alpha value is -2.57. The molecule has 5 N–H and O–H groups in total. The summed E-state index contributed by atoms with van der Waals surface area (Å²) in [6, 6.07) is 6.60. The Bertz CT molecular complexity index is 496. The number of anilines is 2. The molecule has 0 aliphatic heterocycles. The van der Waals surface area contributed by atoms with E-state index in [2.05, 4.69) is 15.8 Å². The number of nitrogens with zero attached hydrogens (tertiary/aromatic N) is 1. The van der Waals surface area contributed by atoms with Gasteiger partial charge in [0, 0.05) is 18.3 Å². The van der Waals surface area contributed by atoms with Crippen LogP contribution in [0.2, 0.25) is 0 Å². The standard InChI is InChI=1S/C12H16N4O3/c1-7(11(13)16-19)12(18)15-10-5-3-9(4-6-10)14-8(2)17/h3-7,19H,1-2H3,(H2,13,16)(H,14,17)(H,15,18). The fraction of sp³-hybridized carbons (Fsp3) is 0.250. The van der Waals surface area contributed by atoms with E-state index in [0.717, 1.165) is 0 Å². The number of carbonyl (C=O) groups is 2. The smallest absolute Gasteiger partial charge is 0.234 e. The van der Waals surface area contributed by atoms with Gasteiger partial charge in [0.05, 0.1) is 5.92 Å². The number of nitrogens with one attached hydrogen (secondary N) is 2. The van der Waals surface area contributed by atoms with Crippen molar-refractivity contribution in [2.75, 3.05) is 10.6 Å². The summed E-state index contributed by atoms with van der Waals surface area (Å²) in [5.74, 6) is -1.45. The van der Waals surface area contributed by atoms with Crippen molar-refractivity contribution in [3.05, 3.63) is 24.3 Å². The third kappa shape index (κ3) is 4.30. The largest absolute Gasteiger partial charge is 0.409 e. The van der Waals surface area contributed by atoms with Crippen LogP contribution < -0.4 is 16.4 Å². The first-order valence-corrected chi connectivity index (χ1v) is 5.60. The molecule has 19 heavy (non-hydrogen) atoms. The van der Waals surface area contributed by atoms with Crippen LogP contribution in [0, 0.1) is 5.92 Å². The molecule has 0 spiro atoms. The van der Waals surface area contributed by atoms with E-state index in [1.54, 1.807) is 24.3 Å². The average Bonchev–Trinajstić information content (AvgIpc) is 2.38. The van der Waals surface area contributed by atoms with Crippen LogP contribution in [0.4, 0.5) is 11.4 Å². The van der Waals surface area contributed by atoms with Crippen LogP contribution >= 0.6 is 0 Å². The number of benzene rings is 1. The normalized spacial score (nSPS) is 12.6. The molecule has 0 radical (unpaired) electrons. The van der Waals surface area contributed by atoms with Crippen molar-refractivity contribution in [1.29, 1.82) is 0 Å². The zero-order valence-corrected chi connectivity index (χ0v) is 10.7. The van der Waals surface area contributed by atoms with E-state index >= 15 is 0 Å². The van der Waals surface area contributed by atoms with Crippen LogP contribution in [0.15, 0.2) is 29.4 Å². The van der Waals surface area contributed by atoms with E-state index in [4.69, 9.17) is 10.9 Å². The van der Waals surface area contributed by atoms with Gasteiger partial charge < -0.3 is 21.6 Å². The minimum atomic E-state index is -0.736. The Morgan fingerprint density at radius 2 is 1.68 bits per heavy atom. The van der Waals surface area contributed by atoms with Gasteiger partial charge >= 0.3 is 0 Å². The van der Waals surface area contributed by atoms with Crippen molar-refractivity contribution in [3.63, 3.8) is 0 Å². The average molecular weight is 264 g/mol. The summed E-state index contributed by atoms with van der Waals surface area (Å²) in [5, 5.41) is 16.5. The Kier molecular flexibility index (Phi) is 4.87. The second-order valence-electron chi connectivity index (χ2n) is 3.99. The van der Waals surface area contributed by atoms with Gasteiger partial charge in [-0.15, -0.1) is 0 Å². The van der Waals surface area contributed by atoms with Crippen LogP contribution in [0.3, 0.4) is 0 Å². The van der Waals surface area contributed by atoms with Gasteiger partial charge in [0.1, 0.15) is 0 Å². The van der Waals surface area contributed by atoms with Gasteiger partial charge in [-0.25, -0.2) is 0 Å². The van der Waals surface area contributed by atoms with E-state index in [9.17, 15) is 9.59 Å². The number of hydrogen-bond donors (Lipinski definition) is 4. The third-order valence-electron chi connectivity index (χ3n) is 2.43. The Balaban J connectivity index is 2.68. The highest BCUT2D eigenvalue weighted by Gasteiger charge is 2.17. The molecule has 7 nitrogen and oxygen atoms in total. The van der Waals surface area contributed by atoms with Crippen LogP contribution in [-0.2, 0) is 9.59 Å². The number of amidine groups is 1. The van der Waals surface area contributed by atoms with Gasteiger partial charge in [-0.1, -0.05) is 5.16 Å². The van der Waals surface area contributed by atoms with Crippen molar-refractivity contribution >= 4 is 29.0 Å². The molecular weight excluding hydrogens is 248 g/mol. The van der Waals surface area contributed by atoms with Gasteiger partial charge in [-0.2, -0.15) is 0 Å². The van der Waals surface area contributed by atoms with Crippen LogP contribution in [-0.4, -0.2) is 22.9 Å². The van der Waals surface area contributed by atoms with Gasteiger partial charge in [0.15, 0.2) is 5.84 Å². The topological polar surface area (TPSA) is 117 Å². The molecule has 102 valence electrons. The maximum absolute atomic E-state index is 11.7. The Morgan fingerprint density at radius 3 is 2.11 bits per heavy atom. The lowest BCUT2D eigenvalue weighted by Crippen LogP contribution is -2.32. The van der Waals surface area contributed by atoms with Crippen LogP contribution in [0.5, 0.6) is 0 Å². The lowest BCUT2D eigenvalue weighted by atomic mass is 10.1. The highest BCUT2D eigenvalue weighted by molar-refractivity contribution is 6.07. The molecule has 1 unspecified atom stereocenters. The third-order valence-corrected chi connectivity index (χ3v) is 2.43. The summed E-state index contributed by atoms with van der Waals surface area (Å²) in [5.41, 5.74) is 6.53. The predicted molar refractivity (Wildman–Crippen MR) is 71.9 cm³/mol. The molecule has 0 heterocycles. The summed E-state index contributed by atoms with van der Waals surface area (Å²) in [6.07, 6.45) is 0. The second-order valence-corrected chi connectivity index (χ2v) is 3.99. The first kappa shape index (κ1) is 14.5. The highest BCUT2D eigenvalue weighted by atomic mass is 16.4. The molecule has 0 aliphatic carbocycles. The lowest BCUT2D eigenvalue weighted by Gasteiger charge is -2.11. The molecule has 0 saturated carbocycles. The summed E-state index contributed by atoms with van der Waals surface area (Å²) in [7, 11) is 0. The molecule has 0 bridgehead atoms. The Morgan fingerprint density at radius 1 is 1.21 bits per heavy atom. The Labute approximate surface area is 110 Å². The van der Waals surface area contributed by atoms with Gasteiger partial charge in [-0.05, 0) is 31.2 Å². The molecule has 1 aromatic carbocycles. The second kappa shape index (κ2) is 6.39. The fourth-order valence-electron chi connectivity index (χ4n) is 1.31. The van der Waals surface area contributed by atoms with Crippen LogP contribution in [0.25, 0.3) is 0 Å². The molecule has 0 aliphatic rings. The van der Waals surface area contributed by atoms with E-state index in [1.165, 1.54) is 13.8 Å². The highest BCUT2D eigenvalue weighted by Crippen LogP contribution is 2.14. The first-order valence-electron chi connectivity index (χ1n) is 5.60. The fourth-order valence-corrected chi connectivity index (χ4v) is 1.31. The maximum atomic E-state index is 11.7. The monoisotopic (exact) mass is 264 g/mol. The predicted octanol–water partition coefficient (Wildman–Crippen LogP) is 0.966. The minimum Gasteiger partial charge on any atom is -0.409 e. The zero-order valence-electron chi connectivity index (χ0n) is 10.7. The zero-order chi connectivity index (χ0) is 14.4. The van der Waals surface area contributed by atoms with E-state index in [-0.39, 0.29) is 17.6 Å². The van der Waals surface area contributed by atoms with Gasteiger partial charge in [0.2, 0.25) is 11.8 Å². The SMILES string of the molecule is CC(=O)Nc1ccc(NC(=O)C(C)C(N)=NO)cc1. The van der Waals surface area contributed by atoms with Crippen molar-refractivity contribution in [1.82, 2.24) is 0 Å². The van der Waals surface area contributed by atoms with E-state index in [0.29, 0.717) is 11.4 Å². The van der Waals surface area contributed by atoms with E-state index < -0.39 is 5.92 Å². The molecule has 0 aromatic heterocycles. The lowest BCUT2D eigenvalue weighted by molar-refractivity contribution is -0.117. The molecular formula is C12H16N4O3. The quantitative estimate of drug-likeness (QED) is 0.280. The van der Waals surface area contributed by atoms with Crippen molar-refractivity contribution in [2.45, 2.75) is 13.8 Å². The van der Waals surface area contributed by atoms with Crippen molar-refractivity contribution in [3.8, 4) is 0 Å². The number of nitrogens with two attached hydrogens (primary N) is 1. The van der Waals surface area contributed by atoms with Crippen LogP contribution in [0.1, 0.15) is 13.8 Å². The van der Waals surface area contributed by atoms with Crippen molar-refractivity contribution in [2.24, 2.45) is 16.8 Å². The molecule has 7 heteroatoms. The maximum Gasteiger partial charge on any atom is 0.234 e. The van der Waals surface area contributed by atoms with E-state index in [1.807, 2.05) is 0 Å². The summed E-state index contributed by atoms with van der Waals surface area (Å²) >= 11 is 0. The molecule has 2 amide bonds. The summed E-state index contributed by atoms with van der Waals surface area (Å²) in [4.78, 5) is 22.6. The first-order chi connectivity index (χ1) is 8.93. The number of carbonyl (C=O) groups excluding carboxylic acids is 2. The molecule has 1 aromatic rings. The number of rotatable bonds is 4. The molecule has 1 rings (SSSR count). The minimum absolute atomic E-state index is 0.160. The number of amides is 2. The molecule has 0 fully saturated rings. The number of hydrogen-bond acceptors (Lipinski definition) is 4. The molecule has 1 atom stereocenters. The van der Waals surface area contributed by atoms with Gasteiger partial charge in [-0.3, -0.25) is 9.59 Å². The number of oxime groups is 1.